The van der Waals surface area contributed by atoms with Crippen LogP contribution in [0.3, 0.4) is 0 Å². The molecule has 0 aliphatic carbocycles. The average Bonchev–Trinajstić information content (AvgIpc) is 2.83. The maximum atomic E-state index is 11.0. The molecule has 2 aromatic heterocycles. The summed E-state index contributed by atoms with van der Waals surface area (Å²) in [5, 5.41) is 18.1. The molecule has 0 aliphatic heterocycles. The number of hydrogen-bond acceptors (Lipinski definition) is 8. The van der Waals surface area contributed by atoms with Gasteiger partial charge in [-0.15, -0.1) is 0 Å². The van der Waals surface area contributed by atoms with Crippen molar-refractivity contribution in [3.63, 3.8) is 0 Å². The van der Waals surface area contributed by atoms with E-state index in [-0.39, 0.29) is 17.3 Å². The Morgan fingerprint density at radius 3 is 2.80 bits per heavy atom. The summed E-state index contributed by atoms with van der Waals surface area (Å²) >= 11 is 0. The van der Waals surface area contributed by atoms with E-state index in [1.165, 1.54) is 6.33 Å². The molecule has 0 radical (unpaired) electrons. The van der Waals surface area contributed by atoms with Crippen molar-refractivity contribution in [2.45, 2.75) is 6.42 Å². The number of nitrogens with one attached hydrogen (secondary N) is 2. The predicted octanol–water partition coefficient (Wildman–Crippen LogP) is 0.0585. The fraction of sp³-hybridized carbons (Fsp3) is 0.300. The minimum absolute atomic E-state index is 0.0367. The summed E-state index contributed by atoms with van der Waals surface area (Å²) in [4.78, 5) is 18.0. The molecule has 0 amide bonds. The highest BCUT2D eigenvalue weighted by Gasteiger charge is 2.21. The second-order valence-electron chi connectivity index (χ2n) is 3.98. The largest absolute Gasteiger partial charge is 0.364 e. The Hall–Kier alpha value is -2.75. The molecule has 2 aromatic rings. The molecule has 4 N–H and O–H groups in total. The van der Waals surface area contributed by atoms with Gasteiger partial charge in [0.15, 0.2) is 0 Å². The molecule has 0 bridgehead atoms. The lowest BCUT2D eigenvalue weighted by molar-refractivity contribution is -0.383. The third-order valence-electron chi connectivity index (χ3n) is 2.58. The van der Waals surface area contributed by atoms with E-state index in [0.29, 0.717) is 13.0 Å². The lowest BCUT2D eigenvalue weighted by Gasteiger charge is -2.07. The monoisotopic (exact) mass is 278 g/mol. The van der Waals surface area contributed by atoms with Crippen LogP contribution in [0.4, 0.5) is 17.3 Å². The van der Waals surface area contributed by atoms with Crippen molar-refractivity contribution >= 4 is 17.3 Å². The predicted molar refractivity (Wildman–Crippen MR) is 71.9 cm³/mol. The van der Waals surface area contributed by atoms with Crippen molar-refractivity contribution in [2.24, 2.45) is 12.9 Å². The van der Waals surface area contributed by atoms with Gasteiger partial charge in [-0.05, 0) is 6.07 Å². The second kappa shape index (κ2) is 5.93. The number of hydrazine groups is 1. The molecule has 20 heavy (non-hydrogen) atoms. The highest BCUT2D eigenvalue weighted by molar-refractivity contribution is 5.68. The normalized spacial score (nSPS) is 10.3. The van der Waals surface area contributed by atoms with Gasteiger partial charge in [-0.25, -0.2) is 15.8 Å². The number of hydrogen-bond donors (Lipinski definition) is 3. The van der Waals surface area contributed by atoms with Gasteiger partial charge in [0.1, 0.15) is 6.33 Å². The van der Waals surface area contributed by atoms with Crippen LogP contribution < -0.4 is 16.6 Å². The van der Waals surface area contributed by atoms with Gasteiger partial charge in [-0.2, -0.15) is 5.10 Å². The van der Waals surface area contributed by atoms with Crippen LogP contribution in [-0.4, -0.2) is 31.2 Å². The summed E-state index contributed by atoms with van der Waals surface area (Å²) in [5.74, 6) is 5.28. The fourth-order valence-electron chi connectivity index (χ4n) is 1.69. The lowest BCUT2D eigenvalue weighted by Crippen LogP contribution is -2.14. The smallest absolute Gasteiger partial charge is 0.354 e. The van der Waals surface area contributed by atoms with Crippen LogP contribution in [-0.2, 0) is 13.5 Å². The minimum Gasteiger partial charge on any atom is -0.364 e. The van der Waals surface area contributed by atoms with Crippen molar-refractivity contribution < 1.29 is 4.92 Å². The van der Waals surface area contributed by atoms with E-state index in [0.717, 1.165) is 5.69 Å². The van der Waals surface area contributed by atoms with Crippen LogP contribution in [0.1, 0.15) is 5.69 Å². The Kier molecular flexibility index (Phi) is 4.05. The lowest BCUT2D eigenvalue weighted by atomic mass is 10.3. The maximum absolute atomic E-state index is 11.0. The fourth-order valence-corrected chi connectivity index (χ4v) is 1.69. The van der Waals surface area contributed by atoms with E-state index >= 15 is 0 Å². The van der Waals surface area contributed by atoms with Gasteiger partial charge in [0.05, 0.1) is 10.6 Å². The Labute approximate surface area is 114 Å². The van der Waals surface area contributed by atoms with Crippen LogP contribution in [0, 0.1) is 10.1 Å². The first-order chi connectivity index (χ1) is 9.61. The quantitative estimate of drug-likeness (QED) is 0.383. The maximum Gasteiger partial charge on any atom is 0.354 e. The third kappa shape index (κ3) is 2.98. The molecule has 0 aromatic carbocycles. The van der Waals surface area contributed by atoms with Gasteiger partial charge >= 0.3 is 5.69 Å². The number of aromatic nitrogens is 4. The molecule has 10 heteroatoms. The van der Waals surface area contributed by atoms with Gasteiger partial charge in [0.25, 0.3) is 0 Å². The first-order valence-corrected chi connectivity index (χ1v) is 5.80. The number of aryl methyl sites for hydroxylation is 1. The number of anilines is 2. The van der Waals surface area contributed by atoms with E-state index in [4.69, 9.17) is 5.84 Å². The minimum atomic E-state index is -0.585. The molecule has 2 heterocycles. The Morgan fingerprint density at radius 2 is 2.20 bits per heavy atom. The van der Waals surface area contributed by atoms with E-state index < -0.39 is 4.92 Å². The van der Waals surface area contributed by atoms with Gasteiger partial charge in [0, 0.05) is 26.2 Å². The zero-order valence-corrected chi connectivity index (χ0v) is 10.8. The zero-order chi connectivity index (χ0) is 14.5. The van der Waals surface area contributed by atoms with Crippen molar-refractivity contribution in [3.8, 4) is 0 Å². The molecule has 0 saturated carbocycles. The SMILES string of the molecule is Cn1ccc(CCNc2ncnc(NN)c2[N+](=O)[O-])n1. The first kappa shape index (κ1) is 13.7. The molecule has 2 rings (SSSR count). The Morgan fingerprint density at radius 1 is 1.45 bits per heavy atom. The molecule has 0 saturated heterocycles. The van der Waals surface area contributed by atoms with Crippen molar-refractivity contribution in [3.05, 3.63) is 34.4 Å². The van der Waals surface area contributed by atoms with E-state index in [1.807, 2.05) is 19.3 Å². The molecule has 106 valence electrons. The molecule has 0 aliphatic rings. The number of nitrogens with two attached hydrogens (primary N) is 1. The molecule has 0 atom stereocenters. The second-order valence-corrected chi connectivity index (χ2v) is 3.98. The molecular formula is C10H14N8O2. The number of nitro groups is 1. The van der Waals surface area contributed by atoms with Crippen LogP contribution >= 0.6 is 0 Å². The van der Waals surface area contributed by atoms with E-state index in [9.17, 15) is 10.1 Å². The third-order valence-corrected chi connectivity index (χ3v) is 2.58. The number of rotatable bonds is 6. The van der Waals surface area contributed by atoms with Crippen molar-refractivity contribution in [1.29, 1.82) is 0 Å². The summed E-state index contributed by atoms with van der Waals surface area (Å²) in [6.45, 7) is 0.457. The standard InChI is InChI=1S/C10H14N8O2/c1-17-5-3-7(16-17)2-4-12-9-8(18(19)20)10(15-11)14-6-13-9/h3,5-6H,2,4,11H2,1H3,(H2,12,13,14,15). The molecule has 10 nitrogen and oxygen atoms in total. The van der Waals surface area contributed by atoms with E-state index in [2.05, 4.69) is 25.8 Å². The van der Waals surface area contributed by atoms with Crippen molar-refractivity contribution in [1.82, 2.24) is 19.7 Å². The summed E-state index contributed by atoms with van der Waals surface area (Å²) in [7, 11) is 1.82. The Balaban J connectivity index is 2.07. The Bertz CT molecular complexity index is 611. The summed E-state index contributed by atoms with van der Waals surface area (Å²) < 4.78 is 1.69. The van der Waals surface area contributed by atoms with Crippen LogP contribution in [0.25, 0.3) is 0 Å². The summed E-state index contributed by atoms with van der Waals surface area (Å²) in [5.41, 5.74) is 2.78. The highest BCUT2D eigenvalue weighted by atomic mass is 16.6. The van der Waals surface area contributed by atoms with Gasteiger partial charge in [-0.1, -0.05) is 0 Å². The van der Waals surface area contributed by atoms with Crippen LogP contribution in [0.2, 0.25) is 0 Å². The average molecular weight is 278 g/mol. The van der Waals surface area contributed by atoms with E-state index in [1.54, 1.807) is 4.68 Å². The van der Waals surface area contributed by atoms with Gasteiger partial charge in [-0.3, -0.25) is 14.8 Å². The number of nitrogen functional groups attached to an aromatic ring is 1. The van der Waals surface area contributed by atoms with Crippen LogP contribution in [0.5, 0.6) is 0 Å². The summed E-state index contributed by atoms with van der Waals surface area (Å²) in [6.07, 6.45) is 3.65. The molecule has 0 unspecified atom stereocenters. The van der Waals surface area contributed by atoms with Crippen molar-refractivity contribution in [2.75, 3.05) is 17.3 Å². The van der Waals surface area contributed by atoms with Gasteiger partial charge in [0.2, 0.25) is 11.6 Å². The number of nitrogens with zero attached hydrogens (tertiary/aromatic N) is 5. The summed E-state index contributed by atoms with van der Waals surface area (Å²) in [6, 6.07) is 1.88. The van der Waals surface area contributed by atoms with Gasteiger partial charge < -0.3 is 10.7 Å². The topological polar surface area (TPSA) is 137 Å². The zero-order valence-electron chi connectivity index (χ0n) is 10.8. The van der Waals surface area contributed by atoms with Crippen LogP contribution in [0.15, 0.2) is 18.6 Å². The molecule has 0 spiro atoms. The highest BCUT2D eigenvalue weighted by Crippen LogP contribution is 2.27. The first-order valence-electron chi connectivity index (χ1n) is 5.80. The molecule has 0 fully saturated rings. The molecular weight excluding hydrogens is 264 g/mol.